The van der Waals surface area contributed by atoms with Crippen molar-refractivity contribution in [3.8, 4) is 5.75 Å². The molecular formula is C19H28N2O4. The Kier molecular flexibility index (Phi) is 5.61. The number of hydrogen-bond acceptors (Lipinski definition) is 5. The van der Waals surface area contributed by atoms with Crippen molar-refractivity contribution in [2.45, 2.75) is 43.7 Å². The van der Waals surface area contributed by atoms with Gasteiger partial charge in [0.15, 0.2) is 0 Å². The molecule has 3 N–H and O–H groups in total. The minimum atomic E-state index is -0.440. The fourth-order valence-corrected chi connectivity index (χ4v) is 3.84. The second kappa shape index (κ2) is 7.72. The van der Waals surface area contributed by atoms with E-state index >= 15 is 0 Å². The Balaban J connectivity index is 1.79. The van der Waals surface area contributed by atoms with Gasteiger partial charge in [-0.2, -0.15) is 0 Å². The van der Waals surface area contributed by atoms with E-state index in [-0.39, 0.29) is 17.4 Å². The smallest absolute Gasteiger partial charge is 0.237 e. The van der Waals surface area contributed by atoms with Gasteiger partial charge < -0.3 is 25.2 Å². The number of ether oxygens (including phenoxy) is 2. The monoisotopic (exact) mass is 348 g/mol. The first-order valence-corrected chi connectivity index (χ1v) is 8.96. The summed E-state index contributed by atoms with van der Waals surface area (Å²) in [5.74, 6) is 0.810. The summed E-state index contributed by atoms with van der Waals surface area (Å²) in [4.78, 5) is 12.5. The number of hydrogen-bond donors (Lipinski definition) is 3. The molecular weight excluding hydrogens is 320 g/mol. The molecule has 2 aliphatic rings. The summed E-state index contributed by atoms with van der Waals surface area (Å²) in [6, 6.07) is 5.89. The van der Waals surface area contributed by atoms with Gasteiger partial charge in [-0.05, 0) is 32.3 Å². The zero-order valence-corrected chi connectivity index (χ0v) is 15.0. The molecule has 0 aliphatic carbocycles. The molecule has 0 unspecified atom stereocenters. The number of aryl methyl sites for hydroxylation is 1. The van der Waals surface area contributed by atoms with Crippen molar-refractivity contribution < 1.29 is 19.4 Å². The molecule has 1 amide bonds. The van der Waals surface area contributed by atoms with Crippen molar-refractivity contribution in [2.75, 3.05) is 33.4 Å². The molecule has 1 aromatic carbocycles. The van der Waals surface area contributed by atoms with E-state index in [0.717, 1.165) is 24.2 Å². The summed E-state index contributed by atoms with van der Waals surface area (Å²) < 4.78 is 11.2. The van der Waals surface area contributed by atoms with Crippen molar-refractivity contribution in [2.24, 2.45) is 0 Å². The maximum atomic E-state index is 12.5. The number of carbonyl (C=O) groups is 1. The summed E-state index contributed by atoms with van der Waals surface area (Å²) in [7, 11) is 1.68. The Morgan fingerprint density at radius 3 is 2.84 bits per heavy atom. The normalized spacial score (nSPS) is 25.6. The lowest BCUT2D eigenvalue weighted by atomic mass is 9.73. The van der Waals surface area contributed by atoms with Gasteiger partial charge in [0.25, 0.3) is 0 Å². The van der Waals surface area contributed by atoms with E-state index < -0.39 is 6.10 Å². The number of amides is 1. The van der Waals surface area contributed by atoms with Crippen molar-refractivity contribution in [3.05, 3.63) is 29.3 Å². The highest BCUT2D eigenvalue weighted by Gasteiger charge is 2.38. The van der Waals surface area contributed by atoms with Gasteiger partial charge in [0, 0.05) is 37.3 Å². The number of methoxy groups -OCH3 is 1. The van der Waals surface area contributed by atoms with Gasteiger partial charge in [-0.15, -0.1) is 0 Å². The molecule has 25 heavy (non-hydrogen) atoms. The second-order valence-corrected chi connectivity index (χ2v) is 7.16. The number of carbonyl (C=O) groups excluding carboxylic acids is 1. The van der Waals surface area contributed by atoms with Crippen LogP contribution in [0, 0.1) is 6.92 Å². The van der Waals surface area contributed by atoms with Crippen LogP contribution in [0.15, 0.2) is 18.2 Å². The molecule has 1 aromatic rings. The molecule has 2 saturated heterocycles. The topological polar surface area (TPSA) is 79.8 Å². The third-order valence-electron chi connectivity index (χ3n) is 5.40. The van der Waals surface area contributed by atoms with Crippen LogP contribution in [0.2, 0.25) is 0 Å². The van der Waals surface area contributed by atoms with E-state index in [1.807, 2.05) is 12.1 Å². The van der Waals surface area contributed by atoms with Crippen LogP contribution in [0.4, 0.5) is 0 Å². The third kappa shape index (κ3) is 3.97. The van der Waals surface area contributed by atoms with Gasteiger partial charge in [0.05, 0.1) is 19.3 Å². The fourth-order valence-electron chi connectivity index (χ4n) is 3.84. The predicted molar refractivity (Wildman–Crippen MR) is 94.9 cm³/mol. The zero-order valence-electron chi connectivity index (χ0n) is 15.0. The molecule has 3 rings (SSSR count). The van der Waals surface area contributed by atoms with E-state index in [9.17, 15) is 9.90 Å². The lowest BCUT2D eigenvalue weighted by Gasteiger charge is -2.39. The highest BCUT2D eigenvalue weighted by Crippen LogP contribution is 2.40. The highest BCUT2D eigenvalue weighted by atomic mass is 16.5. The average molecular weight is 348 g/mol. The predicted octanol–water partition coefficient (Wildman–Crippen LogP) is 0.891. The van der Waals surface area contributed by atoms with E-state index in [0.29, 0.717) is 32.7 Å². The molecule has 2 aliphatic heterocycles. The first-order chi connectivity index (χ1) is 12.0. The first-order valence-electron chi connectivity index (χ1n) is 8.96. The summed E-state index contributed by atoms with van der Waals surface area (Å²) in [6.07, 6.45) is 1.71. The second-order valence-electron chi connectivity index (χ2n) is 7.16. The number of nitrogens with one attached hydrogen (secondary N) is 2. The third-order valence-corrected chi connectivity index (χ3v) is 5.40. The van der Waals surface area contributed by atoms with Crippen LogP contribution < -0.4 is 15.4 Å². The molecule has 138 valence electrons. The number of aliphatic hydroxyl groups is 1. The quantitative estimate of drug-likeness (QED) is 0.736. The zero-order chi connectivity index (χ0) is 17.9. The fraction of sp³-hybridized carbons (Fsp3) is 0.632. The Morgan fingerprint density at radius 1 is 1.44 bits per heavy atom. The lowest BCUT2D eigenvalue weighted by molar-refractivity contribution is -0.123. The van der Waals surface area contributed by atoms with Crippen LogP contribution in [0.5, 0.6) is 5.75 Å². The molecule has 0 radical (unpaired) electrons. The van der Waals surface area contributed by atoms with Crippen LogP contribution in [-0.2, 0) is 14.9 Å². The number of β-amino-alcohol motifs (C(OH)–C–C–N with tert-alkyl or cyclic N) is 1. The van der Waals surface area contributed by atoms with E-state index in [1.165, 1.54) is 5.56 Å². The highest BCUT2D eigenvalue weighted by molar-refractivity contribution is 5.82. The molecule has 6 heteroatoms. The molecule has 2 fully saturated rings. The minimum Gasteiger partial charge on any atom is -0.496 e. The van der Waals surface area contributed by atoms with Crippen LogP contribution >= 0.6 is 0 Å². The number of aliphatic hydroxyl groups excluding tert-OH is 1. The first kappa shape index (κ1) is 18.2. The Labute approximate surface area is 148 Å². The van der Waals surface area contributed by atoms with Crippen LogP contribution in [0.25, 0.3) is 0 Å². The Bertz CT molecular complexity index is 613. The maximum Gasteiger partial charge on any atom is 0.237 e. The van der Waals surface area contributed by atoms with Crippen molar-refractivity contribution in [3.63, 3.8) is 0 Å². The van der Waals surface area contributed by atoms with Gasteiger partial charge in [0.2, 0.25) is 5.91 Å². The van der Waals surface area contributed by atoms with Gasteiger partial charge in [0.1, 0.15) is 5.75 Å². The van der Waals surface area contributed by atoms with E-state index in [2.05, 4.69) is 23.6 Å². The SMILES string of the molecule is COc1ccc(C)cc1C1(CNC(=O)[C@@H]2C[C@H](O)CN2)CCOCC1. The summed E-state index contributed by atoms with van der Waals surface area (Å²) >= 11 is 0. The maximum absolute atomic E-state index is 12.5. The largest absolute Gasteiger partial charge is 0.496 e. The van der Waals surface area contributed by atoms with E-state index in [4.69, 9.17) is 9.47 Å². The molecule has 0 aromatic heterocycles. The van der Waals surface area contributed by atoms with Crippen LogP contribution in [0.1, 0.15) is 30.4 Å². The van der Waals surface area contributed by atoms with E-state index in [1.54, 1.807) is 7.11 Å². The minimum absolute atomic E-state index is 0.0472. The van der Waals surface area contributed by atoms with Gasteiger partial charge >= 0.3 is 0 Å². The van der Waals surface area contributed by atoms with Crippen LogP contribution in [-0.4, -0.2) is 56.6 Å². The molecule has 0 saturated carbocycles. The summed E-state index contributed by atoms with van der Waals surface area (Å²) in [5, 5.41) is 15.8. The molecule has 2 atom stereocenters. The molecule has 0 spiro atoms. The summed E-state index contributed by atoms with van der Waals surface area (Å²) in [5.41, 5.74) is 2.12. The van der Waals surface area contributed by atoms with Gasteiger partial charge in [-0.25, -0.2) is 0 Å². The van der Waals surface area contributed by atoms with Crippen LogP contribution in [0.3, 0.4) is 0 Å². The standard InChI is InChI=1S/C19H28N2O4/c1-13-3-4-17(24-2)15(9-13)19(5-7-25-8-6-19)12-21-18(23)16-10-14(22)11-20-16/h3-4,9,14,16,20,22H,5-8,10-12H2,1-2H3,(H,21,23)/t14-,16-/m0/s1. The van der Waals surface area contributed by atoms with Gasteiger partial charge in [-0.3, -0.25) is 4.79 Å². The van der Waals surface area contributed by atoms with Crippen molar-refractivity contribution >= 4 is 5.91 Å². The Morgan fingerprint density at radius 2 is 2.20 bits per heavy atom. The van der Waals surface area contributed by atoms with Gasteiger partial charge in [-0.1, -0.05) is 17.7 Å². The molecule has 0 bridgehead atoms. The summed E-state index contributed by atoms with van der Waals surface area (Å²) in [6.45, 7) is 4.44. The lowest BCUT2D eigenvalue weighted by Crippen LogP contribution is -2.49. The molecule has 2 heterocycles. The molecule has 6 nitrogen and oxygen atoms in total. The van der Waals surface area contributed by atoms with Crippen molar-refractivity contribution in [1.82, 2.24) is 10.6 Å². The number of rotatable bonds is 5. The number of benzene rings is 1. The van der Waals surface area contributed by atoms with Crippen molar-refractivity contribution in [1.29, 1.82) is 0 Å². The Hall–Kier alpha value is -1.63. The average Bonchev–Trinajstić information content (AvgIpc) is 3.07.